The van der Waals surface area contributed by atoms with Crippen molar-refractivity contribution in [2.24, 2.45) is 5.73 Å². The highest BCUT2D eigenvalue weighted by Gasteiger charge is 2.27. The minimum Gasteiger partial charge on any atom is -0.494 e. The number of fused-ring (bicyclic) bond motifs is 1. The molecule has 0 aliphatic heterocycles. The van der Waals surface area contributed by atoms with E-state index in [1.54, 1.807) is 17.5 Å². The summed E-state index contributed by atoms with van der Waals surface area (Å²) in [6.07, 6.45) is 7.11. The van der Waals surface area contributed by atoms with Crippen LogP contribution in [0.25, 0.3) is 16.1 Å². The average molecular weight is 449 g/mol. The number of ether oxygens (including phenoxy) is 1. The largest absolute Gasteiger partial charge is 0.494 e. The molecule has 1 saturated carbocycles. The van der Waals surface area contributed by atoms with Crippen LogP contribution < -0.4 is 15.8 Å². The van der Waals surface area contributed by atoms with Crippen LogP contribution in [-0.4, -0.2) is 43.5 Å². The SMILES string of the molecule is COc1cnc(C(N)=O)cc1-c1cc(C)ncc1C(=O)Nc1nn2cc(C3CC3)nc2s1. The predicted molar refractivity (Wildman–Crippen MR) is 118 cm³/mol. The van der Waals surface area contributed by atoms with Gasteiger partial charge in [0.1, 0.15) is 11.4 Å². The van der Waals surface area contributed by atoms with Gasteiger partial charge in [-0.25, -0.2) is 14.5 Å². The van der Waals surface area contributed by atoms with E-state index in [1.807, 2.05) is 6.20 Å². The summed E-state index contributed by atoms with van der Waals surface area (Å²) in [6, 6.07) is 3.25. The summed E-state index contributed by atoms with van der Waals surface area (Å²) in [5.41, 5.74) is 8.53. The van der Waals surface area contributed by atoms with E-state index in [2.05, 4.69) is 25.4 Å². The van der Waals surface area contributed by atoms with Crippen LogP contribution in [0.1, 0.15) is 51.0 Å². The minimum atomic E-state index is -0.678. The van der Waals surface area contributed by atoms with Crippen molar-refractivity contribution in [1.82, 2.24) is 24.6 Å². The van der Waals surface area contributed by atoms with Gasteiger partial charge in [0, 0.05) is 28.9 Å². The van der Waals surface area contributed by atoms with Crippen LogP contribution in [0.2, 0.25) is 0 Å². The molecule has 0 atom stereocenters. The number of nitrogens with zero attached hydrogens (tertiary/aromatic N) is 5. The van der Waals surface area contributed by atoms with E-state index in [0.29, 0.717) is 39.2 Å². The molecule has 1 aliphatic carbocycles. The number of hydrogen-bond acceptors (Lipinski definition) is 8. The number of carbonyl (C=O) groups is 2. The fourth-order valence-corrected chi connectivity index (χ4v) is 4.21. The summed E-state index contributed by atoms with van der Waals surface area (Å²) in [4.78, 5) is 38.4. The zero-order valence-corrected chi connectivity index (χ0v) is 18.1. The van der Waals surface area contributed by atoms with E-state index in [-0.39, 0.29) is 5.69 Å². The fraction of sp³-hybridized carbons (Fsp3) is 0.238. The lowest BCUT2D eigenvalue weighted by atomic mass is 9.99. The van der Waals surface area contributed by atoms with Crippen molar-refractivity contribution in [3.8, 4) is 16.9 Å². The second kappa shape index (κ2) is 7.68. The highest BCUT2D eigenvalue weighted by molar-refractivity contribution is 7.20. The van der Waals surface area contributed by atoms with Gasteiger partial charge in [-0.3, -0.25) is 19.9 Å². The van der Waals surface area contributed by atoms with Crippen molar-refractivity contribution < 1.29 is 14.3 Å². The molecule has 1 aliphatic rings. The molecular weight excluding hydrogens is 430 g/mol. The van der Waals surface area contributed by atoms with Crippen LogP contribution in [-0.2, 0) is 0 Å². The topological polar surface area (TPSA) is 137 Å². The molecule has 11 heteroatoms. The Morgan fingerprint density at radius 3 is 2.72 bits per heavy atom. The zero-order valence-electron chi connectivity index (χ0n) is 17.3. The molecule has 4 heterocycles. The molecule has 1 fully saturated rings. The summed E-state index contributed by atoms with van der Waals surface area (Å²) in [5.74, 6) is -0.146. The number of aromatic nitrogens is 5. The van der Waals surface area contributed by atoms with Gasteiger partial charge in [0.2, 0.25) is 10.1 Å². The highest BCUT2D eigenvalue weighted by Crippen LogP contribution is 2.40. The Labute approximate surface area is 186 Å². The number of primary amides is 1. The molecule has 4 aromatic heterocycles. The first-order valence-corrected chi connectivity index (χ1v) is 10.7. The Morgan fingerprint density at radius 2 is 2.03 bits per heavy atom. The first-order valence-electron chi connectivity index (χ1n) is 9.91. The van der Waals surface area contributed by atoms with Gasteiger partial charge in [-0.05, 0) is 31.9 Å². The summed E-state index contributed by atoms with van der Waals surface area (Å²) >= 11 is 1.30. The van der Waals surface area contributed by atoms with Gasteiger partial charge >= 0.3 is 0 Å². The van der Waals surface area contributed by atoms with Gasteiger partial charge in [-0.1, -0.05) is 11.3 Å². The summed E-state index contributed by atoms with van der Waals surface area (Å²) in [7, 11) is 1.49. The van der Waals surface area contributed by atoms with Crippen LogP contribution in [0.4, 0.5) is 5.13 Å². The second-order valence-corrected chi connectivity index (χ2v) is 8.49. The Bertz CT molecular complexity index is 1340. The van der Waals surface area contributed by atoms with Gasteiger partial charge in [0.05, 0.1) is 30.8 Å². The summed E-state index contributed by atoms with van der Waals surface area (Å²) in [6.45, 7) is 1.81. The molecule has 2 amide bonds. The smallest absolute Gasteiger partial charge is 0.267 e. The van der Waals surface area contributed by atoms with Crippen LogP contribution in [0.3, 0.4) is 0 Å². The first kappa shape index (κ1) is 20.1. The van der Waals surface area contributed by atoms with Crippen molar-refractivity contribution in [3.63, 3.8) is 0 Å². The number of rotatable bonds is 6. The van der Waals surface area contributed by atoms with Crippen LogP contribution >= 0.6 is 11.3 Å². The number of carbonyl (C=O) groups excluding carboxylic acids is 2. The van der Waals surface area contributed by atoms with Gasteiger partial charge in [0.15, 0.2) is 0 Å². The number of methoxy groups -OCH3 is 1. The monoisotopic (exact) mass is 449 g/mol. The molecule has 0 radical (unpaired) electrons. The maximum atomic E-state index is 13.2. The third-order valence-electron chi connectivity index (χ3n) is 5.19. The number of amides is 2. The maximum Gasteiger partial charge on any atom is 0.267 e. The van der Waals surface area contributed by atoms with Crippen molar-refractivity contribution in [2.45, 2.75) is 25.7 Å². The van der Waals surface area contributed by atoms with Crippen LogP contribution in [0, 0.1) is 6.92 Å². The van der Waals surface area contributed by atoms with E-state index >= 15 is 0 Å². The third kappa shape index (κ3) is 3.66. The quantitative estimate of drug-likeness (QED) is 0.462. The van der Waals surface area contributed by atoms with Gasteiger partial charge < -0.3 is 10.5 Å². The molecule has 5 rings (SSSR count). The van der Waals surface area contributed by atoms with Crippen molar-refractivity contribution in [3.05, 3.63) is 53.4 Å². The number of aryl methyl sites for hydroxylation is 1. The minimum absolute atomic E-state index is 0.0641. The number of anilines is 1. The molecule has 0 bridgehead atoms. The average Bonchev–Trinajstić information content (AvgIpc) is 3.45. The molecule has 4 aromatic rings. The van der Waals surface area contributed by atoms with Crippen LogP contribution in [0.5, 0.6) is 5.75 Å². The number of imidazole rings is 1. The highest BCUT2D eigenvalue weighted by atomic mass is 32.1. The molecule has 162 valence electrons. The lowest BCUT2D eigenvalue weighted by molar-refractivity contribution is 0.0993. The number of nitrogens with two attached hydrogens (primary N) is 1. The van der Waals surface area contributed by atoms with E-state index in [1.165, 1.54) is 36.9 Å². The lowest BCUT2D eigenvalue weighted by Gasteiger charge is -2.13. The normalized spacial score (nSPS) is 13.3. The van der Waals surface area contributed by atoms with Crippen molar-refractivity contribution in [2.75, 3.05) is 12.4 Å². The van der Waals surface area contributed by atoms with Crippen molar-refractivity contribution >= 4 is 33.2 Å². The van der Waals surface area contributed by atoms with E-state index < -0.39 is 11.8 Å². The maximum absolute atomic E-state index is 13.2. The number of nitrogens with one attached hydrogen (secondary N) is 1. The molecule has 0 unspecified atom stereocenters. The Kier molecular flexibility index (Phi) is 4.82. The summed E-state index contributed by atoms with van der Waals surface area (Å²) < 4.78 is 7.09. The van der Waals surface area contributed by atoms with E-state index in [0.717, 1.165) is 23.5 Å². The van der Waals surface area contributed by atoms with Gasteiger partial charge in [0.25, 0.3) is 11.8 Å². The van der Waals surface area contributed by atoms with E-state index in [4.69, 9.17) is 10.5 Å². The molecular formula is C21H19N7O3S. The summed E-state index contributed by atoms with van der Waals surface area (Å²) in [5, 5.41) is 7.67. The standard InChI is InChI=1S/C21H19N7O3S/c1-10-5-12(13-6-15(18(22)29)24-8-17(13)31-2)14(7-23-10)19(30)26-20-27-28-9-16(11-3-4-11)25-21(28)32-20/h5-9,11H,3-4H2,1-2H3,(H2,22,29)(H,26,27,30). The van der Waals surface area contributed by atoms with Gasteiger partial charge in [-0.2, -0.15) is 0 Å². The Balaban J connectivity index is 1.50. The third-order valence-corrected chi connectivity index (χ3v) is 6.03. The van der Waals surface area contributed by atoms with Gasteiger partial charge in [-0.15, -0.1) is 5.10 Å². The molecule has 0 saturated heterocycles. The number of hydrogen-bond donors (Lipinski definition) is 2. The predicted octanol–water partition coefficient (Wildman–Crippen LogP) is 2.79. The second-order valence-electron chi connectivity index (χ2n) is 7.53. The van der Waals surface area contributed by atoms with E-state index in [9.17, 15) is 9.59 Å². The molecule has 10 nitrogen and oxygen atoms in total. The molecule has 0 spiro atoms. The van der Waals surface area contributed by atoms with Crippen molar-refractivity contribution in [1.29, 1.82) is 0 Å². The molecule has 0 aromatic carbocycles. The Hall–Kier alpha value is -3.86. The lowest BCUT2D eigenvalue weighted by Crippen LogP contribution is -2.15. The fourth-order valence-electron chi connectivity index (χ4n) is 3.42. The zero-order chi connectivity index (χ0) is 22.4. The first-order chi connectivity index (χ1) is 15.4. The van der Waals surface area contributed by atoms with Crippen LogP contribution in [0.15, 0.2) is 30.7 Å². The number of pyridine rings is 2. The molecule has 3 N–H and O–H groups in total. The molecule has 32 heavy (non-hydrogen) atoms. The Morgan fingerprint density at radius 1 is 1.22 bits per heavy atom.